The minimum atomic E-state index is -0.201. The van der Waals surface area contributed by atoms with Crippen LogP contribution in [0.25, 0.3) is 10.2 Å². The second-order valence-corrected chi connectivity index (χ2v) is 8.27. The molecule has 3 aromatic rings. The van der Waals surface area contributed by atoms with Gasteiger partial charge in [0.15, 0.2) is 4.80 Å². The fourth-order valence-electron chi connectivity index (χ4n) is 2.72. The number of hydrogen-bond donors (Lipinski definition) is 0. The molecule has 1 amide bonds. The van der Waals surface area contributed by atoms with Crippen LogP contribution in [0, 0.1) is 0 Å². The normalized spacial score (nSPS) is 12.3. The molecule has 0 unspecified atom stereocenters. The average molecular weight is 417 g/mol. The van der Waals surface area contributed by atoms with Crippen LogP contribution in [0.1, 0.15) is 49.0 Å². The Morgan fingerprint density at radius 2 is 1.92 bits per heavy atom. The molecule has 130 valence electrons. The van der Waals surface area contributed by atoms with Crippen LogP contribution in [0.15, 0.2) is 51.9 Å². The molecule has 5 heteroatoms. The topological polar surface area (TPSA) is 34.4 Å². The highest BCUT2D eigenvalue weighted by Gasteiger charge is 2.10. The van der Waals surface area contributed by atoms with E-state index in [0.717, 1.165) is 27.8 Å². The molecule has 0 bridgehead atoms. The molecule has 0 aliphatic carbocycles. The zero-order valence-electron chi connectivity index (χ0n) is 14.6. The molecule has 0 saturated heterocycles. The van der Waals surface area contributed by atoms with Crippen LogP contribution in [-0.2, 0) is 6.54 Å². The Hall–Kier alpha value is -1.72. The number of nitrogens with zero attached hydrogens (tertiary/aromatic N) is 2. The van der Waals surface area contributed by atoms with Gasteiger partial charge in [-0.05, 0) is 54.3 Å². The Morgan fingerprint density at radius 3 is 2.56 bits per heavy atom. The van der Waals surface area contributed by atoms with Crippen molar-refractivity contribution < 1.29 is 4.79 Å². The summed E-state index contributed by atoms with van der Waals surface area (Å²) in [5.74, 6) is 0.281. The molecule has 0 radical (unpaired) electrons. The largest absolute Gasteiger partial charge is 0.316 e. The monoisotopic (exact) mass is 416 g/mol. The molecule has 0 N–H and O–H groups in total. The fraction of sp³-hybridized carbons (Fsp3) is 0.300. The lowest BCUT2D eigenvalue weighted by atomic mass is 10.0. The SMILES string of the molecule is CCCn1c(=NC(=O)c2ccc(Br)cc2)sc2cc(C(C)C)ccc21. The van der Waals surface area contributed by atoms with Crippen LogP contribution < -0.4 is 4.80 Å². The van der Waals surface area contributed by atoms with E-state index in [-0.39, 0.29) is 5.91 Å². The Labute approximate surface area is 160 Å². The fourth-order valence-corrected chi connectivity index (χ4v) is 4.09. The van der Waals surface area contributed by atoms with E-state index >= 15 is 0 Å². The minimum Gasteiger partial charge on any atom is -0.316 e. The number of carbonyl (C=O) groups is 1. The first kappa shape index (κ1) is 18.1. The molecule has 1 heterocycles. The van der Waals surface area contributed by atoms with E-state index in [2.05, 4.69) is 64.5 Å². The van der Waals surface area contributed by atoms with Gasteiger partial charge in [-0.3, -0.25) is 4.79 Å². The highest BCUT2D eigenvalue weighted by molar-refractivity contribution is 9.10. The van der Waals surface area contributed by atoms with Crippen LogP contribution in [0.3, 0.4) is 0 Å². The maximum absolute atomic E-state index is 12.5. The third-order valence-electron chi connectivity index (χ3n) is 4.11. The molecule has 0 saturated carbocycles. The van der Waals surface area contributed by atoms with Crippen molar-refractivity contribution >= 4 is 43.4 Å². The highest BCUT2D eigenvalue weighted by Crippen LogP contribution is 2.24. The molecule has 0 spiro atoms. The Kier molecular flexibility index (Phi) is 5.54. The summed E-state index contributed by atoms with van der Waals surface area (Å²) in [6, 6.07) is 13.9. The van der Waals surface area contributed by atoms with Crippen molar-refractivity contribution in [3.63, 3.8) is 0 Å². The Balaban J connectivity index is 2.11. The standard InChI is InChI=1S/C20H21BrN2OS/c1-4-11-23-17-10-7-15(13(2)3)12-18(17)25-20(23)22-19(24)14-5-8-16(21)9-6-14/h5-10,12-13H,4,11H2,1-3H3. The summed E-state index contributed by atoms with van der Waals surface area (Å²) < 4.78 is 4.29. The molecule has 3 nitrogen and oxygen atoms in total. The predicted octanol–water partition coefficient (Wildman–Crippen LogP) is 5.74. The zero-order valence-corrected chi connectivity index (χ0v) is 17.0. The molecule has 0 fully saturated rings. The van der Waals surface area contributed by atoms with Crippen molar-refractivity contribution in [3.8, 4) is 0 Å². The lowest BCUT2D eigenvalue weighted by Crippen LogP contribution is -2.16. The first-order valence-electron chi connectivity index (χ1n) is 8.47. The third-order valence-corrected chi connectivity index (χ3v) is 5.68. The van der Waals surface area contributed by atoms with E-state index in [0.29, 0.717) is 11.5 Å². The number of carbonyl (C=O) groups excluding carboxylic acids is 1. The van der Waals surface area contributed by atoms with Crippen molar-refractivity contribution in [2.75, 3.05) is 0 Å². The molecule has 0 atom stereocenters. The lowest BCUT2D eigenvalue weighted by Gasteiger charge is -2.06. The molecular weight excluding hydrogens is 396 g/mol. The number of hydrogen-bond acceptors (Lipinski definition) is 2. The van der Waals surface area contributed by atoms with Crippen LogP contribution in [0.5, 0.6) is 0 Å². The average Bonchev–Trinajstić information content (AvgIpc) is 2.92. The number of fused-ring (bicyclic) bond motifs is 1. The minimum absolute atomic E-state index is 0.201. The van der Waals surface area contributed by atoms with Gasteiger partial charge in [0.05, 0.1) is 10.2 Å². The van der Waals surface area contributed by atoms with Crippen molar-refractivity contribution in [3.05, 3.63) is 62.9 Å². The first-order valence-corrected chi connectivity index (χ1v) is 10.1. The van der Waals surface area contributed by atoms with E-state index in [9.17, 15) is 4.79 Å². The molecule has 2 aromatic carbocycles. The van der Waals surface area contributed by atoms with Gasteiger partial charge < -0.3 is 4.57 Å². The van der Waals surface area contributed by atoms with Crippen LogP contribution in [-0.4, -0.2) is 10.5 Å². The molecule has 1 aromatic heterocycles. The molecule has 25 heavy (non-hydrogen) atoms. The first-order chi connectivity index (χ1) is 12.0. The highest BCUT2D eigenvalue weighted by atomic mass is 79.9. The Bertz CT molecular complexity index is 968. The molecule has 3 rings (SSSR count). The second-order valence-electron chi connectivity index (χ2n) is 6.34. The molecule has 0 aliphatic heterocycles. The smallest absolute Gasteiger partial charge is 0.279 e. The van der Waals surface area contributed by atoms with Crippen LogP contribution in [0.4, 0.5) is 0 Å². The summed E-state index contributed by atoms with van der Waals surface area (Å²) in [7, 11) is 0. The van der Waals surface area contributed by atoms with Gasteiger partial charge in [0.1, 0.15) is 0 Å². The summed E-state index contributed by atoms with van der Waals surface area (Å²) in [6.07, 6.45) is 0.997. The summed E-state index contributed by atoms with van der Waals surface area (Å²) in [5, 5.41) is 0. The van der Waals surface area contributed by atoms with Gasteiger partial charge in [-0.25, -0.2) is 0 Å². The van der Waals surface area contributed by atoms with Crippen LogP contribution >= 0.6 is 27.3 Å². The number of rotatable bonds is 4. The van der Waals surface area contributed by atoms with Gasteiger partial charge in [0, 0.05) is 16.6 Å². The van der Waals surface area contributed by atoms with E-state index in [1.807, 2.05) is 12.1 Å². The number of benzene rings is 2. The summed E-state index contributed by atoms with van der Waals surface area (Å²) in [4.78, 5) is 17.7. The number of aromatic nitrogens is 1. The van der Waals surface area contributed by atoms with Crippen LogP contribution in [0.2, 0.25) is 0 Å². The van der Waals surface area contributed by atoms with E-state index < -0.39 is 0 Å². The van der Waals surface area contributed by atoms with Crippen molar-refractivity contribution in [2.45, 2.75) is 39.7 Å². The third kappa shape index (κ3) is 3.93. The number of thiazole rings is 1. The summed E-state index contributed by atoms with van der Waals surface area (Å²) >= 11 is 4.98. The lowest BCUT2D eigenvalue weighted by molar-refractivity contribution is 0.0998. The molecular formula is C20H21BrN2OS. The van der Waals surface area contributed by atoms with E-state index in [1.165, 1.54) is 10.3 Å². The summed E-state index contributed by atoms with van der Waals surface area (Å²) in [6.45, 7) is 7.38. The van der Waals surface area contributed by atoms with Gasteiger partial charge >= 0.3 is 0 Å². The second kappa shape index (κ2) is 7.67. The summed E-state index contributed by atoms with van der Waals surface area (Å²) in [5.41, 5.74) is 3.06. The maximum atomic E-state index is 12.5. The molecule has 0 aliphatic rings. The van der Waals surface area contributed by atoms with E-state index in [4.69, 9.17) is 0 Å². The van der Waals surface area contributed by atoms with Crippen molar-refractivity contribution in [1.29, 1.82) is 0 Å². The van der Waals surface area contributed by atoms with Gasteiger partial charge in [0.25, 0.3) is 5.91 Å². The number of aryl methyl sites for hydroxylation is 1. The van der Waals surface area contributed by atoms with Crippen molar-refractivity contribution in [1.82, 2.24) is 4.57 Å². The van der Waals surface area contributed by atoms with Gasteiger partial charge in [-0.2, -0.15) is 4.99 Å². The van der Waals surface area contributed by atoms with Gasteiger partial charge in [-0.15, -0.1) is 0 Å². The quantitative estimate of drug-likeness (QED) is 0.533. The number of amides is 1. The van der Waals surface area contributed by atoms with Gasteiger partial charge in [0.2, 0.25) is 0 Å². The predicted molar refractivity (Wildman–Crippen MR) is 108 cm³/mol. The van der Waals surface area contributed by atoms with E-state index in [1.54, 1.807) is 23.5 Å². The zero-order chi connectivity index (χ0) is 18.0. The van der Waals surface area contributed by atoms with Crippen molar-refractivity contribution in [2.24, 2.45) is 4.99 Å². The maximum Gasteiger partial charge on any atom is 0.279 e. The van der Waals surface area contributed by atoms with Gasteiger partial charge in [-0.1, -0.05) is 54.1 Å². The Morgan fingerprint density at radius 1 is 1.20 bits per heavy atom. The number of halogens is 1.